The third kappa shape index (κ3) is 5.28. The van der Waals surface area contributed by atoms with Gasteiger partial charge in [-0.1, -0.05) is 11.6 Å². The van der Waals surface area contributed by atoms with E-state index in [4.69, 9.17) is 11.6 Å². The third-order valence-electron chi connectivity index (χ3n) is 5.13. The molecular formula is C22H23ClFN3O4. The first kappa shape index (κ1) is 22.9. The molecule has 7 nitrogen and oxygen atoms in total. The highest BCUT2D eigenvalue weighted by Gasteiger charge is 2.45. The van der Waals surface area contributed by atoms with E-state index in [0.717, 1.165) is 16.8 Å². The van der Waals surface area contributed by atoms with E-state index in [1.807, 2.05) is 6.07 Å². The first-order chi connectivity index (χ1) is 14.8. The van der Waals surface area contributed by atoms with Crippen LogP contribution in [0.4, 0.5) is 15.8 Å². The van der Waals surface area contributed by atoms with Crippen LogP contribution in [0.3, 0.4) is 0 Å². The maximum atomic E-state index is 12.6. The molecule has 1 unspecified atom stereocenters. The van der Waals surface area contributed by atoms with Gasteiger partial charge in [-0.2, -0.15) is 0 Å². The van der Waals surface area contributed by atoms with Crippen molar-refractivity contribution >= 4 is 41.1 Å². The lowest BCUT2D eigenvalue weighted by Gasteiger charge is -2.22. The molecule has 2 heterocycles. The number of rotatable bonds is 4. The minimum absolute atomic E-state index is 0.0159. The Bertz CT molecular complexity index is 996. The van der Waals surface area contributed by atoms with E-state index in [1.165, 1.54) is 17.0 Å². The molecule has 1 atom stereocenters. The normalized spacial score (nSPS) is 19.9. The second-order valence-electron chi connectivity index (χ2n) is 7.45. The van der Waals surface area contributed by atoms with Crippen molar-refractivity contribution in [2.24, 2.45) is 0 Å². The Hall–Kier alpha value is -2.81. The molecule has 9 heteroatoms. The van der Waals surface area contributed by atoms with Crippen LogP contribution < -0.4 is 15.5 Å². The van der Waals surface area contributed by atoms with Crippen LogP contribution in [0.5, 0.6) is 0 Å². The fourth-order valence-corrected chi connectivity index (χ4v) is 3.78. The molecule has 0 spiro atoms. The van der Waals surface area contributed by atoms with Crippen LogP contribution >= 0.6 is 11.6 Å². The second-order valence-corrected chi connectivity index (χ2v) is 7.88. The lowest BCUT2D eigenvalue weighted by atomic mass is 10.0. The van der Waals surface area contributed by atoms with Gasteiger partial charge in [-0.25, -0.2) is 4.39 Å². The Morgan fingerprint density at radius 2 is 2.03 bits per heavy atom. The number of hydrogen-bond donors (Lipinski definition) is 3. The van der Waals surface area contributed by atoms with Crippen molar-refractivity contribution in [3.63, 3.8) is 0 Å². The molecule has 31 heavy (non-hydrogen) atoms. The summed E-state index contributed by atoms with van der Waals surface area (Å²) in [5, 5.41) is 16.0. The van der Waals surface area contributed by atoms with Gasteiger partial charge >= 0.3 is 0 Å². The first-order valence-electron chi connectivity index (χ1n) is 9.79. The van der Waals surface area contributed by atoms with Gasteiger partial charge in [0.1, 0.15) is 5.82 Å². The van der Waals surface area contributed by atoms with Crippen LogP contribution in [0.2, 0.25) is 5.02 Å². The monoisotopic (exact) mass is 447 g/mol. The van der Waals surface area contributed by atoms with Gasteiger partial charge in [-0.05, 0) is 61.0 Å². The summed E-state index contributed by atoms with van der Waals surface area (Å²) < 4.78 is 12.6. The zero-order chi connectivity index (χ0) is 22.6. The molecule has 3 N–H and O–H groups in total. The number of nitrogens with one attached hydrogen (secondary N) is 2. The Kier molecular flexibility index (Phi) is 7.04. The number of aryl methyl sites for hydroxylation is 1. The van der Waals surface area contributed by atoms with Crippen molar-refractivity contribution in [2.45, 2.75) is 31.4 Å². The minimum atomic E-state index is -1.90. The number of carbonyl (C=O) groups excluding carboxylic acids is 3. The number of nitrogens with zero attached hydrogens (tertiary/aromatic N) is 1. The summed E-state index contributed by atoms with van der Waals surface area (Å²) in [4.78, 5) is 35.6. The number of carbonyl (C=O) groups is 3. The third-order valence-corrected chi connectivity index (χ3v) is 5.34. The molecule has 0 aliphatic carbocycles. The molecule has 164 valence electrons. The van der Waals surface area contributed by atoms with Gasteiger partial charge in [-0.3, -0.25) is 14.4 Å². The van der Waals surface area contributed by atoms with E-state index in [1.54, 1.807) is 25.2 Å². The average Bonchev–Trinajstić information content (AvgIpc) is 3.03. The second kappa shape index (κ2) is 9.55. The molecule has 0 aromatic heterocycles. The summed E-state index contributed by atoms with van der Waals surface area (Å²) in [5.41, 5.74) is 1.31. The molecule has 1 saturated heterocycles. The average molecular weight is 448 g/mol. The van der Waals surface area contributed by atoms with Crippen molar-refractivity contribution < 1.29 is 23.9 Å². The Balaban J connectivity index is 0.000000210. The standard InChI is InChI=1S/C14H14N2O4.C8H9ClFN/c17-8-14(20)5-6-16(13(14)19)10-2-3-11-9(7-10)1-4-12(18)15-11;1-11-5-6-2-7(9)4-8(10)3-6/h2-3,7-8,20H,1,4-6H2,(H,15,18);2-4,11H,5H2,1H3. The highest BCUT2D eigenvalue weighted by Crippen LogP contribution is 2.31. The van der Waals surface area contributed by atoms with Crippen LogP contribution in [-0.2, 0) is 27.3 Å². The van der Waals surface area contributed by atoms with E-state index in [9.17, 15) is 23.9 Å². The van der Waals surface area contributed by atoms with E-state index in [2.05, 4.69) is 10.6 Å². The maximum absolute atomic E-state index is 12.6. The van der Waals surface area contributed by atoms with Crippen LogP contribution in [-0.4, -0.2) is 42.4 Å². The molecule has 2 amide bonds. The molecular weight excluding hydrogens is 425 g/mol. The number of fused-ring (bicyclic) bond motifs is 1. The van der Waals surface area contributed by atoms with Crippen LogP contribution in [0.1, 0.15) is 24.0 Å². The van der Waals surface area contributed by atoms with Gasteiger partial charge in [0.05, 0.1) is 0 Å². The zero-order valence-corrected chi connectivity index (χ0v) is 17.7. The Morgan fingerprint density at radius 3 is 2.68 bits per heavy atom. The maximum Gasteiger partial charge on any atom is 0.266 e. The molecule has 2 aliphatic heterocycles. The van der Waals surface area contributed by atoms with Gasteiger partial charge in [0.25, 0.3) is 5.91 Å². The highest BCUT2D eigenvalue weighted by molar-refractivity contribution is 6.30. The number of aliphatic hydroxyl groups is 1. The van der Waals surface area contributed by atoms with Crippen molar-refractivity contribution in [1.29, 1.82) is 0 Å². The number of aldehydes is 1. The zero-order valence-electron chi connectivity index (χ0n) is 17.0. The lowest BCUT2D eigenvalue weighted by molar-refractivity contribution is -0.140. The number of hydrogen-bond acceptors (Lipinski definition) is 5. The molecule has 0 saturated carbocycles. The predicted molar refractivity (Wildman–Crippen MR) is 116 cm³/mol. The Morgan fingerprint density at radius 1 is 1.26 bits per heavy atom. The van der Waals surface area contributed by atoms with Crippen molar-refractivity contribution in [1.82, 2.24) is 5.32 Å². The summed E-state index contributed by atoms with van der Waals surface area (Å²) >= 11 is 5.62. The molecule has 2 aromatic rings. The summed E-state index contributed by atoms with van der Waals surface area (Å²) in [6.07, 6.45) is 1.44. The highest BCUT2D eigenvalue weighted by atomic mass is 35.5. The van der Waals surface area contributed by atoms with Crippen molar-refractivity contribution in [2.75, 3.05) is 23.8 Å². The number of benzene rings is 2. The van der Waals surface area contributed by atoms with Crippen molar-refractivity contribution in [3.05, 3.63) is 58.4 Å². The summed E-state index contributed by atoms with van der Waals surface area (Å²) in [7, 11) is 1.80. The largest absolute Gasteiger partial charge is 0.373 e. The fraction of sp³-hybridized carbons (Fsp3) is 0.318. The summed E-state index contributed by atoms with van der Waals surface area (Å²) in [6, 6.07) is 9.76. The van der Waals surface area contributed by atoms with Crippen LogP contribution in [0.15, 0.2) is 36.4 Å². The van der Waals surface area contributed by atoms with Gasteiger partial charge in [0, 0.05) is 42.3 Å². The summed E-state index contributed by atoms with van der Waals surface area (Å²) in [5.74, 6) is -0.895. The molecule has 2 aromatic carbocycles. The topological polar surface area (TPSA) is 98.7 Å². The SMILES string of the molecule is CNCc1cc(F)cc(Cl)c1.O=CC1(O)CCN(c2ccc3c(c2)CCC(=O)N3)C1=O. The Labute approximate surface area is 184 Å². The van der Waals surface area contributed by atoms with Gasteiger partial charge in [0.15, 0.2) is 6.29 Å². The quantitative estimate of drug-likeness (QED) is 0.494. The molecule has 1 fully saturated rings. The molecule has 4 rings (SSSR count). The fourth-order valence-electron chi connectivity index (χ4n) is 3.53. The van der Waals surface area contributed by atoms with E-state index < -0.39 is 11.5 Å². The van der Waals surface area contributed by atoms with Crippen molar-refractivity contribution in [3.8, 4) is 0 Å². The molecule has 0 radical (unpaired) electrons. The van der Waals surface area contributed by atoms with E-state index in [-0.39, 0.29) is 18.1 Å². The van der Waals surface area contributed by atoms with Crippen LogP contribution in [0.25, 0.3) is 0 Å². The smallest absolute Gasteiger partial charge is 0.266 e. The lowest BCUT2D eigenvalue weighted by Crippen LogP contribution is -2.41. The van der Waals surface area contributed by atoms with E-state index >= 15 is 0 Å². The van der Waals surface area contributed by atoms with Gasteiger partial charge in [0.2, 0.25) is 11.5 Å². The van der Waals surface area contributed by atoms with Crippen LogP contribution in [0, 0.1) is 5.82 Å². The molecule has 2 aliphatic rings. The minimum Gasteiger partial charge on any atom is -0.373 e. The number of amides is 2. The van der Waals surface area contributed by atoms with Gasteiger partial charge < -0.3 is 20.6 Å². The van der Waals surface area contributed by atoms with E-state index in [0.29, 0.717) is 42.9 Å². The predicted octanol–water partition coefficient (Wildman–Crippen LogP) is 2.44. The first-order valence-corrected chi connectivity index (χ1v) is 10.2. The number of anilines is 2. The van der Waals surface area contributed by atoms with Gasteiger partial charge in [-0.15, -0.1) is 0 Å². The molecule has 0 bridgehead atoms. The summed E-state index contributed by atoms with van der Waals surface area (Å²) in [6.45, 7) is 0.941. The number of halogens is 2.